The monoisotopic (exact) mass is 506 g/mol. The Labute approximate surface area is 221 Å². The molecule has 0 unspecified atom stereocenters. The number of rotatable bonds is 2. The fourth-order valence-corrected chi connectivity index (χ4v) is 7.71. The Morgan fingerprint density at radius 1 is 0.895 bits per heavy atom. The smallest absolute Gasteiger partial charge is 0.252 e. The highest BCUT2D eigenvalue weighted by atomic mass is 16.5. The SMILES string of the molecule is NC(=O)c1cc(C2=c3cc4c5c(c3Oc3c2cc2c6c3CCCN6CCC2)CCC[N+]=5CCC4)ccc1O. The summed E-state index contributed by atoms with van der Waals surface area (Å²) >= 11 is 0. The molecule has 3 N–H and O–H groups in total. The zero-order chi connectivity index (χ0) is 25.5. The van der Waals surface area contributed by atoms with Gasteiger partial charge in [-0.15, -0.1) is 0 Å². The second-order valence-corrected chi connectivity index (χ2v) is 11.4. The van der Waals surface area contributed by atoms with Crippen LogP contribution in [0.1, 0.15) is 69.4 Å². The van der Waals surface area contributed by atoms with Crippen molar-refractivity contribution in [2.45, 2.75) is 51.4 Å². The molecule has 192 valence electrons. The summed E-state index contributed by atoms with van der Waals surface area (Å²) in [6.07, 6.45) is 8.75. The number of fused-ring (bicyclic) bond motifs is 4. The van der Waals surface area contributed by atoms with E-state index in [2.05, 4.69) is 21.6 Å². The van der Waals surface area contributed by atoms with Gasteiger partial charge in [0.25, 0.3) is 5.91 Å². The lowest BCUT2D eigenvalue weighted by atomic mass is 9.82. The number of primary amides is 1. The van der Waals surface area contributed by atoms with E-state index in [-0.39, 0.29) is 11.3 Å². The summed E-state index contributed by atoms with van der Waals surface area (Å²) in [4.78, 5) is 14.8. The van der Waals surface area contributed by atoms with Crippen LogP contribution in [0.4, 0.5) is 5.69 Å². The summed E-state index contributed by atoms with van der Waals surface area (Å²) < 4.78 is 9.61. The van der Waals surface area contributed by atoms with Crippen molar-refractivity contribution in [1.29, 1.82) is 0 Å². The van der Waals surface area contributed by atoms with Gasteiger partial charge in [-0.05, 0) is 73.9 Å². The number of ether oxygens (including phenoxy) is 1. The quantitative estimate of drug-likeness (QED) is 0.410. The molecule has 0 aromatic heterocycles. The number of aryl methyl sites for hydroxylation is 2. The van der Waals surface area contributed by atoms with E-state index in [0.717, 1.165) is 111 Å². The lowest BCUT2D eigenvalue weighted by molar-refractivity contribution is 0.0997. The van der Waals surface area contributed by atoms with E-state index in [0.29, 0.717) is 0 Å². The average molecular weight is 507 g/mol. The van der Waals surface area contributed by atoms with Crippen molar-refractivity contribution in [3.05, 3.63) is 79.9 Å². The van der Waals surface area contributed by atoms with E-state index in [1.165, 1.54) is 33.3 Å². The third-order valence-corrected chi connectivity index (χ3v) is 9.24. The molecule has 5 heterocycles. The molecule has 0 spiro atoms. The first-order chi connectivity index (χ1) is 18.6. The van der Waals surface area contributed by atoms with Gasteiger partial charge in [0, 0.05) is 59.1 Å². The molecule has 0 atom stereocenters. The molecule has 0 saturated heterocycles. The number of carbonyl (C=O) groups is 1. The number of phenols is 1. The molecule has 6 heteroatoms. The minimum atomic E-state index is -0.621. The average Bonchev–Trinajstić information content (AvgIpc) is 2.93. The molecule has 0 bridgehead atoms. The first kappa shape index (κ1) is 22.2. The highest BCUT2D eigenvalue weighted by Gasteiger charge is 2.35. The topological polar surface area (TPSA) is 78.8 Å². The van der Waals surface area contributed by atoms with Crippen molar-refractivity contribution >= 4 is 17.2 Å². The summed E-state index contributed by atoms with van der Waals surface area (Å²) in [5, 5.41) is 12.9. The zero-order valence-corrected chi connectivity index (χ0v) is 21.6. The molecule has 3 aromatic rings. The maximum atomic E-state index is 12.2. The zero-order valence-electron chi connectivity index (χ0n) is 21.6. The van der Waals surface area contributed by atoms with E-state index in [9.17, 15) is 9.90 Å². The molecule has 0 radical (unpaired) electrons. The fourth-order valence-electron chi connectivity index (χ4n) is 7.71. The van der Waals surface area contributed by atoms with Crippen LogP contribution in [0.5, 0.6) is 17.2 Å². The minimum absolute atomic E-state index is 0.0818. The van der Waals surface area contributed by atoms with Crippen molar-refractivity contribution in [2.75, 3.05) is 31.1 Å². The molecule has 1 amide bonds. The van der Waals surface area contributed by atoms with Gasteiger partial charge in [-0.1, -0.05) is 6.07 Å². The van der Waals surface area contributed by atoms with Gasteiger partial charge in [0.1, 0.15) is 30.3 Å². The highest BCUT2D eigenvalue weighted by Crippen LogP contribution is 2.48. The number of carbonyl (C=O) groups excluding carboxylic acids is 1. The van der Waals surface area contributed by atoms with Gasteiger partial charge in [-0.3, -0.25) is 4.79 Å². The van der Waals surface area contributed by atoms with Crippen molar-refractivity contribution in [1.82, 2.24) is 4.58 Å². The standard InChI is InChI=1S/C32H31N3O3/c33-32(37)23-15-18(9-10-26(23)36)27-24-16-19-5-1-11-34-13-3-7-21(28(19)34)30(24)38-31-22-8-4-14-35-12-2-6-20(29(22)35)17-25(27)31/h9-10,15-17H,1-8,11-14H2,(H2,33,37)/p+1. The van der Waals surface area contributed by atoms with Gasteiger partial charge < -0.3 is 20.5 Å². The van der Waals surface area contributed by atoms with Crippen LogP contribution in [0.2, 0.25) is 0 Å². The molecule has 0 saturated carbocycles. The summed E-state index contributed by atoms with van der Waals surface area (Å²) in [6.45, 7) is 4.44. The third-order valence-electron chi connectivity index (χ3n) is 9.24. The molecule has 6 nitrogen and oxygen atoms in total. The predicted octanol–water partition coefficient (Wildman–Crippen LogP) is 2.93. The number of nitrogens with two attached hydrogens (primary N) is 1. The van der Waals surface area contributed by atoms with Gasteiger partial charge in [-0.2, -0.15) is 0 Å². The lowest BCUT2D eigenvalue weighted by Gasteiger charge is -2.39. The van der Waals surface area contributed by atoms with E-state index >= 15 is 0 Å². The lowest BCUT2D eigenvalue weighted by Crippen LogP contribution is -2.45. The number of amides is 1. The second kappa shape index (κ2) is 8.10. The van der Waals surface area contributed by atoms with Crippen LogP contribution in [0.25, 0.3) is 5.57 Å². The highest BCUT2D eigenvalue weighted by molar-refractivity contribution is 5.98. The molecule has 3 aromatic carbocycles. The number of nitrogens with zero attached hydrogens (tertiary/aromatic N) is 2. The van der Waals surface area contributed by atoms with Crippen molar-refractivity contribution < 1.29 is 14.6 Å². The Bertz CT molecular complexity index is 1700. The van der Waals surface area contributed by atoms with Gasteiger partial charge in [0.15, 0.2) is 0 Å². The van der Waals surface area contributed by atoms with Crippen molar-refractivity contribution in [3.63, 3.8) is 0 Å². The van der Waals surface area contributed by atoms with Gasteiger partial charge in [0.05, 0.1) is 11.1 Å². The van der Waals surface area contributed by atoms with E-state index in [4.69, 9.17) is 10.5 Å². The predicted molar refractivity (Wildman–Crippen MR) is 147 cm³/mol. The Balaban J connectivity index is 1.52. The van der Waals surface area contributed by atoms with Crippen LogP contribution in [-0.4, -0.2) is 37.2 Å². The van der Waals surface area contributed by atoms with Gasteiger partial charge in [0.2, 0.25) is 5.36 Å². The second-order valence-electron chi connectivity index (χ2n) is 11.4. The first-order valence-electron chi connectivity index (χ1n) is 14.1. The maximum absolute atomic E-state index is 12.2. The molecule has 8 rings (SSSR count). The van der Waals surface area contributed by atoms with Crippen LogP contribution in [-0.2, 0) is 25.7 Å². The normalized spacial score (nSPS) is 18.7. The molecular weight excluding hydrogens is 474 g/mol. The summed E-state index contributed by atoms with van der Waals surface area (Å²) in [6, 6.07) is 9.98. The number of aromatic hydroxyl groups is 1. The molecular formula is C32H32N3O3+. The maximum Gasteiger partial charge on any atom is 0.252 e. The summed E-state index contributed by atoms with van der Waals surface area (Å²) in [5.41, 5.74) is 15.8. The third kappa shape index (κ3) is 3.06. The molecule has 5 aliphatic rings. The van der Waals surface area contributed by atoms with Crippen LogP contribution >= 0.6 is 0 Å². The van der Waals surface area contributed by atoms with E-state index < -0.39 is 5.91 Å². The molecule has 5 aliphatic heterocycles. The van der Waals surface area contributed by atoms with Crippen molar-refractivity contribution in [3.8, 4) is 17.2 Å². The molecule has 0 aliphatic carbocycles. The summed E-state index contributed by atoms with van der Waals surface area (Å²) in [5.74, 6) is 1.26. The van der Waals surface area contributed by atoms with Gasteiger partial charge >= 0.3 is 0 Å². The van der Waals surface area contributed by atoms with Crippen LogP contribution in [0, 0.1) is 0 Å². The minimum Gasteiger partial charge on any atom is -0.507 e. The number of hydrogen-bond acceptors (Lipinski definition) is 4. The Morgan fingerprint density at radius 3 is 2.50 bits per heavy atom. The fraction of sp³-hybridized carbons (Fsp3) is 0.375. The largest absolute Gasteiger partial charge is 0.507 e. The van der Waals surface area contributed by atoms with Crippen molar-refractivity contribution in [2.24, 2.45) is 5.73 Å². The number of benzene rings is 3. The Kier molecular flexibility index (Phi) is 4.73. The summed E-state index contributed by atoms with van der Waals surface area (Å²) in [7, 11) is 0. The van der Waals surface area contributed by atoms with Gasteiger partial charge in [-0.25, -0.2) is 4.58 Å². The molecule has 0 fully saturated rings. The Hall–Kier alpha value is -3.80. The Morgan fingerprint density at radius 2 is 1.66 bits per heavy atom. The van der Waals surface area contributed by atoms with Crippen LogP contribution in [0.3, 0.4) is 0 Å². The van der Waals surface area contributed by atoms with Crippen LogP contribution < -0.4 is 30.5 Å². The number of hydrogen-bond donors (Lipinski definition) is 2. The van der Waals surface area contributed by atoms with Crippen LogP contribution in [0.15, 0.2) is 30.3 Å². The van der Waals surface area contributed by atoms with E-state index in [1.54, 1.807) is 12.1 Å². The molecule has 38 heavy (non-hydrogen) atoms. The first-order valence-corrected chi connectivity index (χ1v) is 14.1. The number of anilines is 1. The van der Waals surface area contributed by atoms with E-state index in [1.807, 2.05) is 6.07 Å².